The lowest BCUT2D eigenvalue weighted by molar-refractivity contribution is 0.102. The summed E-state index contributed by atoms with van der Waals surface area (Å²) in [6.45, 7) is 0. The number of carbonyl (C=O) groups excluding carboxylic acids is 1. The summed E-state index contributed by atoms with van der Waals surface area (Å²) in [5, 5.41) is 16.5. The van der Waals surface area contributed by atoms with Crippen LogP contribution in [0.5, 0.6) is 0 Å². The Bertz CT molecular complexity index is 898. The van der Waals surface area contributed by atoms with Crippen LogP contribution in [0.15, 0.2) is 54.9 Å². The zero-order valence-corrected chi connectivity index (χ0v) is 12.5. The van der Waals surface area contributed by atoms with Crippen molar-refractivity contribution in [3.63, 3.8) is 0 Å². The Morgan fingerprint density at radius 2 is 2.13 bits per heavy atom. The standard InChI is InChI=1S/C16H10ClN5O/c17-13-5-3-4-11(8-13)16(23)21-15-12(9-18)10-20-22(15)14-6-1-2-7-19-14/h1-8,10H,(H,21,23). The first kappa shape index (κ1) is 14.8. The lowest BCUT2D eigenvalue weighted by Crippen LogP contribution is -2.16. The first-order chi connectivity index (χ1) is 11.2. The van der Waals surface area contributed by atoms with Crippen LogP contribution in [0.25, 0.3) is 5.82 Å². The quantitative estimate of drug-likeness (QED) is 0.803. The van der Waals surface area contributed by atoms with Crippen LogP contribution in [0.2, 0.25) is 5.02 Å². The van der Waals surface area contributed by atoms with Crippen LogP contribution < -0.4 is 5.32 Å². The maximum absolute atomic E-state index is 12.4. The van der Waals surface area contributed by atoms with Crippen molar-refractivity contribution in [3.05, 3.63) is 71.0 Å². The molecule has 1 N–H and O–H groups in total. The number of amides is 1. The van der Waals surface area contributed by atoms with E-state index in [0.717, 1.165) is 0 Å². The highest BCUT2D eigenvalue weighted by Crippen LogP contribution is 2.20. The summed E-state index contributed by atoms with van der Waals surface area (Å²) in [4.78, 5) is 16.5. The van der Waals surface area contributed by atoms with Gasteiger partial charge in [-0.3, -0.25) is 4.79 Å². The number of hydrogen-bond acceptors (Lipinski definition) is 4. The van der Waals surface area contributed by atoms with Gasteiger partial charge < -0.3 is 5.32 Å². The number of nitrogens with zero attached hydrogens (tertiary/aromatic N) is 4. The third-order valence-corrected chi connectivity index (χ3v) is 3.31. The van der Waals surface area contributed by atoms with Gasteiger partial charge in [0.05, 0.1) is 6.20 Å². The fraction of sp³-hybridized carbons (Fsp3) is 0. The molecule has 3 aromatic rings. The molecule has 0 unspecified atom stereocenters. The van der Waals surface area contributed by atoms with Crippen molar-refractivity contribution < 1.29 is 4.79 Å². The van der Waals surface area contributed by atoms with E-state index in [1.54, 1.807) is 48.7 Å². The molecule has 3 rings (SSSR count). The number of halogens is 1. The van der Waals surface area contributed by atoms with Crippen molar-refractivity contribution in [2.45, 2.75) is 0 Å². The lowest BCUT2D eigenvalue weighted by Gasteiger charge is -2.09. The number of anilines is 1. The smallest absolute Gasteiger partial charge is 0.256 e. The number of carbonyl (C=O) groups is 1. The van der Waals surface area contributed by atoms with E-state index in [2.05, 4.69) is 15.4 Å². The molecule has 7 heteroatoms. The van der Waals surface area contributed by atoms with Crippen molar-refractivity contribution >= 4 is 23.3 Å². The highest BCUT2D eigenvalue weighted by molar-refractivity contribution is 6.31. The summed E-state index contributed by atoms with van der Waals surface area (Å²) in [6.07, 6.45) is 2.98. The van der Waals surface area contributed by atoms with Crippen molar-refractivity contribution in [1.29, 1.82) is 5.26 Å². The molecular formula is C16H10ClN5O. The van der Waals surface area contributed by atoms with Crippen LogP contribution in [-0.2, 0) is 0 Å². The Balaban J connectivity index is 1.98. The molecule has 0 spiro atoms. The number of pyridine rings is 1. The Hall–Kier alpha value is -3.17. The van der Waals surface area contributed by atoms with E-state index in [0.29, 0.717) is 16.4 Å². The van der Waals surface area contributed by atoms with Crippen LogP contribution in [-0.4, -0.2) is 20.7 Å². The fourth-order valence-corrected chi connectivity index (χ4v) is 2.20. The molecule has 0 aliphatic carbocycles. The van der Waals surface area contributed by atoms with Gasteiger partial charge in [-0.1, -0.05) is 23.7 Å². The minimum absolute atomic E-state index is 0.242. The minimum atomic E-state index is -0.387. The molecule has 1 aromatic carbocycles. The van der Waals surface area contributed by atoms with E-state index in [-0.39, 0.29) is 17.3 Å². The van der Waals surface area contributed by atoms with Crippen LogP contribution in [0.4, 0.5) is 5.82 Å². The number of benzene rings is 1. The number of nitrogens with one attached hydrogen (secondary N) is 1. The summed E-state index contributed by atoms with van der Waals surface area (Å²) in [5.74, 6) is 0.369. The molecule has 0 bridgehead atoms. The molecule has 0 saturated carbocycles. The van der Waals surface area contributed by atoms with Crippen molar-refractivity contribution in [2.75, 3.05) is 5.32 Å². The summed E-state index contributed by atoms with van der Waals surface area (Å²) < 4.78 is 1.40. The topological polar surface area (TPSA) is 83.6 Å². The van der Waals surface area contributed by atoms with Gasteiger partial charge in [0, 0.05) is 16.8 Å². The van der Waals surface area contributed by atoms with E-state index in [1.807, 2.05) is 6.07 Å². The maximum atomic E-state index is 12.4. The third kappa shape index (κ3) is 3.05. The van der Waals surface area contributed by atoms with Crippen LogP contribution >= 0.6 is 11.6 Å². The normalized spacial score (nSPS) is 10.1. The monoisotopic (exact) mass is 323 g/mol. The van der Waals surface area contributed by atoms with Gasteiger partial charge in [-0.05, 0) is 30.3 Å². The van der Waals surface area contributed by atoms with E-state index >= 15 is 0 Å². The van der Waals surface area contributed by atoms with Gasteiger partial charge in [-0.15, -0.1) is 0 Å². The van der Waals surface area contributed by atoms with Gasteiger partial charge >= 0.3 is 0 Å². The van der Waals surface area contributed by atoms with Gasteiger partial charge in [-0.2, -0.15) is 15.0 Å². The van der Waals surface area contributed by atoms with Gasteiger partial charge in [0.25, 0.3) is 5.91 Å². The van der Waals surface area contributed by atoms with Crippen molar-refractivity contribution in [2.24, 2.45) is 0 Å². The summed E-state index contributed by atoms with van der Waals surface area (Å²) in [7, 11) is 0. The number of rotatable bonds is 3. The molecule has 0 fully saturated rings. The molecule has 2 aromatic heterocycles. The molecule has 112 valence electrons. The molecule has 6 nitrogen and oxygen atoms in total. The van der Waals surface area contributed by atoms with Crippen LogP contribution in [0.1, 0.15) is 15.9 Å². The predicted molar refractivity (Wildman–Crippen MR) is 85.5 cm³/mol. The first-order valence-electron chi connectivity index (χ1n) is 6.65. The van der Waals surface area contributed by atoms with E-state index < -0.39 is 0 Å². The largest absolute Gasteiger partial charge is 0.305 e. The molecule has 1 amide bonds. The summed E-state index contributed by atoms with van der Waals surface area (Å²) >= 11 is 5.90. The fourth-order valence-electron chi connectivity index (χ4n) is 2.01. The molecule has 0 aliphatic rings. The van der Waals surface area contributed by atoms with E-state index in [9.17, 15) is 10.1 Å². The maximum Gasteiger partial charge on any atom is 0.256 e. The van der Waals surface area contributed by atoms with Gasteiger partial charge in [0.15, 0.2) is 11.6 Å². The zero-order chi connectivity index (χ0) is 16.2. The molecule has 2 heterocycles. The van der Waals surface area contributed by atoms with E-state index in [1.165, 1.54) is 10.9 Å². The highest BCUT2D eigenvalue weighted by atomic mass is 35.5. The Morgan fingerprint density at radius 3 is 2.83 bits per heavy atom. The zero-order valence-electron chi connectivity index (χ0n) is 11.8. The molecular weight excluding hydrogens is 314 g/mol. The molecule has 0 atom stereocenters. The summed E-state index contributed by atoms with van der Waals surface area (Å²) in [5.41, 5.74) is 0.626. The van der Waals surface area contributed by atoms with Crippen molar-refractivity contribution in [3.8, 4) is 11.9 Å². The number of aromatic nitrogens is 3. The minimum Gasteiger partial charge on any atom is -0.305 e. The SMILES string of the molecule is N#Cc1cnn(-c2ccccn2)c1NC(=O)c1cccc(Cl)c1. The lowest BCUT2D eigenvalue weighted by atomic mass is 10.2. The molecule has 0 radical (unpaired) electrons. The average molecular weight is 324 g/mol. The molecule has 23 heavy (non-hydrogen) atoms. The molecule has 0 saturated heterocycles. The van der Waals surface area contributed by atoms with Gasteiger partial charge in [-0.25, -0.2) is 4.98 Å². The second-order valence-corrected chi connectivity index (χ2v) is 5.02. The Labute approximate surface area is 137 Å². The summed E-state index contributed by atoms with van der Waals surface area (Å²) in [6, 6.07) is 13.8. The third-order valence-electron chi connectivity index (χ3n) is 3.07. The van der Waals surface area contributed by atoms with Gasteiger partial charge in [0.2, 0.25) is 0 Å². The predicted octanol–water partition coefficient (Wildman–Crippen LogP) is 3.04. The van der Waals surface area contributed by atoms with Crippen molar-refractivity contribution in [1.82, 2.24) is 14.8 Å². The number of hydrogen-bond donors (Lipinski definition) is 1. The first-order valence-corrected chi connectivity index (χ1v) is 7.03. The Kier molecular flexibility index (Phi) is 4.04. The van der Waals surface area contributed by atoms with Crippen LogP contribution in [0, 0.1) is 11.3 Å². The van der Waals surface area contributed by atoms with Crippen LogP contribution in [0.3, 0.4) is 0 Å². The average Bonchev–Trinajstić information content (AvgIpc) is 2.98. The number of nitriles is 1. The molecule has 0 aliphatic heterocycles. The highest BCUT2D eigenvalue weighted by Gasteiger charge is 2.16. The van der Waals surface area contributed by atoms with E-state index in [4.69, 9.17) is 11.6 Å². The Morgan fingerprint density at radius 1 is 1.26 bits per heavy atom. The second kappa shape index (κ2) is 6.30. The van der Waals surface area contributed by atoms with Gasteiger partial charge in [0.1, 0.15) is 11.6 Å². The second-order valence-electron chi connectivity index (χ2n) is 4.58.